The molecule has 0 aliphatic carbocycles. The zero-order chi connectivity index (χ0) is 18.0. The van der Waals surface area contributed by atoms with Crippen LogP contribution in [0.15, 0.2) is 11.4 Å². The Hall–Kier alpha value is -0.300. The van der Waals surface area contributed by atoms with Crippen LogP contribution in [0, 0.1) is 6.92 Å². The van der Waals surface area contributed by atoms with E-state index in [9.17, 15) is 0 Å². The molecule has 1 heteroatoms. The fourth-order valence-corrected chi connectivity index (χ4v) is 4.62. The van der Waals surface area contributed by atoms with Gasteiger partial charge in [-0.15, -0.1) is 11.3 Å². The largest absolute Gasteiger partial charge is 0.149 e. The molecular weight excluding hydrogens is 320 g/mol. The van der Waals surface area contributed by atoms with Crippen molar-refractivity contribution in [2.45, 2.75) is 129 Å². The molecule has 1 heterocycles. The third-order valence-electron chi connectivity index (χ3n) is 5.48. The quantitative estimate of drug-likeness (QED) is 0.228. The zero-order valence-corrected chi connectivity index (χ0v) is 18.1. The predicted molar refractivity (Wildman–Crippen MR) is 117 cm³/mol. The molecule has 1 aromatic rings. The van der Waals surface area contributed by atoms with Crippen LogP contribution in [-0.4, -0.2) is 0 Å². The van der Waals surface area contributed by atoms with E-state index in [0.29, 0.717) is 0 Å². The summed E-state index contributed by atoms with van der Waals surface area (Å²) in [6.07, 6.45) is 26.1. The van der Waals surface area contributed by atoms with Gasteiger partial charge in [0.25, 0.3) is 0 Å². The molecule has 0 aliphatic heterocycles. The first-order valence-electron chi connectivity index (χ1n) is 11.4. The second-order valence-corrected chi connectivity index (χ2v) is 8.93. The summed E-state index contributed by atoms with van der Waals surface area (Å²) in [5.41, 5.74) is 1.50. The minimum absolute atomic E-state index is 1.31. The molecule has 0 fully saturated rings. The summed E-state index contributed by atoms with van der Waals surface area (Å²) >= 11 is 1.94. The molecule has 0 N–H and O–H groups in total. The molecule has 0 unspecified atom stereocenters. The van der Waals surface area contributed by atoms with E-state index in [1.807, 2.05) is 11.3 Å². The number of rotatable bonds is 18. The highest BCUT2D eigenvalue weighted by atomic mass is 32.1. The van der Waals surface area contributed by atoms with Gasteiger partial charge in [-0.25, -0.2) is 0 Å². The Balaban J connectivity index is 1.70. The zero-order valence-electron chi connectivity index (χ0n) is 17.3. The van der Waals surface area contributed by atoms with Gasteiger partial charge < -0.3 is 0 Å². The molecule has 0 aliphatic rings. The van der Waals surface area contributed by atoms with Crippen LogP contribution in [0.5, 0.6) is 0 Å². The highest BCUT2D eigenvalue weighted by Gasteiger charge is 1.99. The van der Waals surface area contributed by atoms with Crippen molar-refractivity contribution in [1.29, 1.82) is 0 Å². The van der Waals surface area contributed by atoms with Crippen molar-refractivity contribution in [3.63, 3.8) is 0 Å². The second kappa shape index (κ2) is 17.1. The van der Waals surface area contributed by atoms with Crippen LogP contribution in [0.3, 0.4) is 0 Å². The lowest BCUT2D eigenvalue weighted by Gasteiger charge is -2.04. The molecule has 0 spiro atoms. The first kappa shape index (κ1) is 22.7. The Morgan fingerprint density at radius 1 is 0.600 bits per heavy atom. The van der Waals surface area contributed by atoms with Gasteiger partial charge >= 0.3 is 0 Å². The van der Waals surface area contributed by atoms with Crippen molar-refractivity contribution in [2.75, 3.05) is 0 Å². The molecule has 0 nitrogen and oxygen atoms in total. The van der Waals surface area contributed by atoms with Crippen LogP contribution in [0.25, 0.3) is 0 Å². The molecule has 0 saturated heterocycles. The lowest BCUT2D eigenvalue weighted by atomic mass is 10.0. The molecule has 0 radical (unpaired) electrons. The lowest BCUT2D eigenvalue weighted by molar-refractivity contribution is 0.527. The maximum absolute atomic E-state index is 2.30. The van der Waals surface area contributed by atoms with Gasteiger partial charge in [0, 0.05) is 4.88 Å². The Labute approximate surface area is 162 Å². The number of hydrogen-bond donors (Lipinski definition) is 0. The number of unbranched alkanes of at least 4 members (excludes halogenated alkanes) is 16. The number of hydrogen-bond acceptors (Lipinski definition) is 1. The van der Waals surface area contributed by atoms with E-state index >= 15 is 0 Å². The van der Waals surface area contributed by atoms with E-state index in [1.54, 1.807) is 4.88 Å². The minimum Gasteiger partial charge on any atom is -0.149 e. The normalized spacial score (nSPS) is 11.3. The summed E-state index contributed by atoms with van der Waals surface area (Å²) in [4.78, 5) is 1.61. The fourth-order valence-electron chi connectivity index (χ4n) is 3.67. The van der Waals surface area contributed by atoms with Crippen LogP contribution in [-0.2, 0) is 6.42 Å². The minimum atomic E-state index is 1.31. The van der Waals surface area contributed by atoms with Crippen LogP contribution in [0.4, 0.5) is 0 Å². The molecule has 0 amide bonds. The summed E-state index contributed by atoms with van der Waals surface area (Å²) in [5.74, 6) is 0. The van der Waals surface area contributed by atoms with Crippen molar-refractivity contribution < 1.29 is 0 Å². The first-order valence-corrected chi connectivity index (χ1v) is 12.3. The van der Waals surface area contributed by atoms with Gasteiger partial charge in [-0.3, -0.25) is 0 Å². The van der Waals surface area contributed by atoms with Crippen molar-refractivity contribution >= 4 is 11.3 Å². The smallest absolute Gasteiger partial charge is 0.00743 e. The molecule has 25 heavy (non-hydrogen) atoms. The van der Waals surface area contributed by atoms with Crippen molar-refractivity contribution in [3.8, 4) is 0 Å². The highest BCUT2D eigenvalue weighted by molar-refractivity contribution is 7.10. The average molecular weight is 365 g/mol. The Morgan fingerprint density at radius 2 is 1.00 bits per heavy atom. The first-order chi connectivity index (χ1) is 12.3. The molecule has 146 valence electrons. The Bertz CT molecular complexity index is 379. The maximum atomic E-state index is 2.30. The standard InChI is InChI=1S/C24H44S/c1-3-4-5-6-7-8-9-10-11-12-13-14-15-16-17-18-19-20-24-23(2)21-22-25-24/h21-22H,3-20H2,1-2H3. The van der Waals surface area contributed by atoms with E-state index in [1.165, 1.54) is 121 Å². The van der Waals surface area contributed by atoms with Gasteiger partial charge in [0.1, 0.15) is 0 Å². The van der Waals surface area contributed by atoms with Crippen LogP contribution in [0.1, 0.15) is 127 Å². The summed E-state index contributed by atoms with van der Waals surface area (Å²) < 4.78 is 0. The summed E-state index contributed by atoms with van der Waals surface area (Å²) in [7, 11) is 0. The molecule has 0 saturated carbocycles. The third kappa shape index (κ3) is 13.5. The topological polar surface area (TPSA) is 0 Å². The SMILES string of the molecule is CCCCCCCCCCCCCCCCCCCc1sccc1C. The van der Waals surface area contributed by atoms with Gasteiger partial charge in [0.15, 0.2) is 0 Å². The van der Waals surface area contributed by atoms with E-state index < -0.39 is 0 Å². The van der Waals surface area contributed by atoms with Crippen LogP contribution in [0.2, 0.25) is 0 Å². The lowest BCUT2D eigenvalue weighted by Crippen LogP contribution is -1.86. The monoisotopic (exact) mass is 364 g/mol. The summed E-state index contributed by atoms with van der Waals surface area (Å²) in [6, 6.07) is 2.26. The third-order valence-corrected chi connectivity index (χ3v) is 6.56. The molecule has 0 atom stereocenters. The van der Waals surface area contributed by atoms with E-state index in [4.69, 9.17) is 0 Å². The van der Waals surface area contributed by atoms with Crippen molar-refractivity contribution in [1.82, 2.24) is 0 Å². The van der Waals surface area contributed by atoms with Gasteiger partial charge in [0.05, 0.1) is 0 Å². The van der Waals surface area contributed by atoms with Gasteiger partial charge in [-0.2, -0.15) is 0 Å². The summed E-state index contributed by atoms with van der Waals surface area (Å²) in [5, 5.41) is 2.23. The molecule has 1 aromatic heterocycles. The maximum Gasteiger partial charge on any atom is 0.00743 e. The predicted octanol–water partition coefficient (Wildman–Crippen LogP) is 9.25. The van der Waals surface area contributed by atoms with E-state index in [0.717, 1.165) is 0 Å². The van der Waals surface area contributed by atoms with E-state index in [2.05, 4.69) is 25.3 Å². The van der Waals surface area contributed by atoms with Crippen molar-refractivity contribution in [3.05, 3.63) is 21.9 Å². The van der Waals surface area contributed by atoms with Gasteiger partial charge in [-0.05, 0) is 36.8 Å². The van der Waals surface area contributed by atoms with Crippen molar-refractivity contribution in [2.24, 2.45) is 0 Å². The molecule has 0 bridgehead atoms. The molecule has 1 rings (SSSR count). The second-order valence-electron chi connectivity index (χ2n) is 7.93. The van der Waals surface area contributed by atoms with Crippen LogP contribution >= 0.6 is 11.3 Å². The molecule has 0 aromatic carbocycles. The Kier molecular flexibility index (Phi) is 15.6. The van der Waals surface area contributed by atoms with Gasteiger partial charge in [0.2, 0.25) is 0 Å². The van der Waals surface area contributed by atoms with Gasteiger partial charge in [-0.1, -0.05) is 110 Å². The number of aryl methyl sites for hydroxylation is 2. The Morgan fingerprint density at radius 3 is 1.36 bits per heavy atom. The van der Waals surface area contributed by atoms with E-state index in [-0.39, 0.29) is 0 Å². The fraction of sp³-hybridized carbons (Fsp3) is 0.833. The van der Waals surface area contributed by atoms with Crippen LogP contribution < -0.4 is 0 Å². The summed E-state index contributed by atoms with van der Waals surface area (Å²) in [6.45, 7) is 4.55. The average Bonchev–Trinajstić information content (AvgIpc) is 3.02. The highest BCUT2D eigenvalue weighted by Crippen LogP contribution is 2.19. The number of thiophene rings is 1. The molecular formula is C24H44S.